The van der Waals surface area contributed by atoms with Crippen LogP contribution in [0, 0.1) is 0 Å². The number of nitrogens with zero attached hydrogens (tertiary/aromatic N) is 1. The number of halogens is 6. The van der Waals surface area contributed by atoms with Gasteiger partial charge in [-0.05, 0) is 12.8 Å². The fourth-order valence-electron chi connectivity index (χ4n) is 2.19. The van der Waals surface area contributed by atoms with Crippen molar-refractivity contribution in [1.29, 1.82) is 0 Å². The van der Waals surface area contributed by atoms with Gasteiger partial charge < -0.3 is 0 Å². The summed E-state index contributed by atoms with van der Waals surface area (Å²) in [6, 6.07) is -1.89. The predicted octanol–water partition coefficient (Wildman–Crippen LogP) is 2.71. The molecule has 0 N–H and O–H groups in total. The van der Waals surface area contributed by atoms with Crippen LogP contribution in [0.1, 0.15) is 38.5 Å². The van der Waals surface area contributed by atoms with E-state index in [1.54, 1.807) is 0 Å². The summed E-state index contributed by atoms with van der Waals surface area (Å²) in [5, 5.41) is 0. The normalized spacial score (nSPS) is 20.1. The molecule has 1 fully saturated rings. The van der Waals surface area contributed by atoms with Crippen LogP contribution in [0.2, 0.25) is 0 Å². The molecule has 1 aliphatic rings. The third-order valence-electron chi connectivity index (χ3n) is 3.18. The quantitative estimate of drug-likeness (QED) is 0.560. The number of hydrogen-bond donors (Lipinski definition) is 0. The SMILES string of the molecule is O=S(=O)(N(C1CCCCCC1)S(=O)(=O)C(F)(F)F)C(F)(F)F. The van der Waals surface area contributed by atoms with Crippen LogP contribution in [0.4, 0.5) is 26.3 Å². The molecule has 5 nitrogen and oxygen atoms in total. The van der Waals surface area contributed by atoms with E-state index >= 15 is 0 Å². The van der Waals surface area contributed by atoms with E-state index in [2.05, 4.69) is 0 Å². The Hall–Kier alpha value is -0.560. The van der Waals surface area contributed by atoms with E-state index in [9.17, 15) is 43.2 Å². The van der Waals surface area contributed by atoms with Crippen molar-refractivity contribution in [3.05, 3.63) is 0 Å². The first-order valence-corrected chi connectivity index (χ1v) is 9.03. The smallest absolute Gasteiger partial charge is 0.202 e. The molecule has 0 atom stereocenters. The van der Waals surface area contributed by atoms with Gasteiger partial charge >= 0.3 is 31.1 Å². The van der Waals surface area contributed by atoms with E-state index in [0.29, 0.717) is 12.8 Å². The molecular formula is C9H13F6NO4S2. The minimum absolute atomic E-state index is 0.141. The summed E-state index contributed by atoms with van der Waals surface area (Å²) in [6.07, 6.45) is 0.462. The van der Waals surface area contributed by atoms with E-state index < -0.39 is 40.8 Å². The van der Waals surface area contributed by atoms with Crippen LogP contribution < -0.4 is 0 Å². The average Bonchev–Trinajstić information content (AvgIpc) is 2.54. The van der Waals surface area contributed by atoms with E-state index in [1.165, 1.54) is 0 Å². The van der Waals surface area contributed by atoms with Crippen molar-refractivity contribution in [1.82, 2.24) is 3.71 Å². The Morgan fingerprint density at radius 2 is 1.00 bits per heavy atom. The molecule has 0 aromatic carbocycles. The first-order valence-electron chi connectivity index (χ1n) is 6.15. The van der Waals surface area contributed by atoms with Crippen molar-refractivity contribution in [2.45, 2.75) is 55.6 Å². The Balaban J connectivity index is 3.47. The Kier molecular flexibility index (Phi) is 5.45. The third kappa shape index (κ3) is 3.67. The van der Waals surface area contributed by atoms with Crippen LogP contribution in [-0.4, -0.2) is 37.6 Å². The van der Waals surface area contributed by atoms with Crippen molar-refractivity contribution in [3.63, 3.8) is 0 Å². The van der Waals surface area contributed by atoms with Crippen molar-refractivity contribution >= 4 is 20.0 Å². The highest BCUT2D eigenvalue weighted by Gasteiger charge is 2.63. The number of rotatable bonds is 3. The second kappa shape index (κ2) is 6.15. The zero-order valence-corrected chi connectivity index (χ0v) is 12.6. The minimum Gasteiger partial charge on any atom is -0.202 e. The average molecular weight is 377 g/mol. The summed E-state index contributed by atoms with van der Waals surface area (Å²) < 4.78 is 120. The van der Waals surface area contributed by atoms with Crippen molar-refractivity contribution in [2.24, 2.45) is 0 Å². The van der Waals surface area contributed by atoms with Crippen molar-refractivity contribution in [2.75, 3.05) is 0 Å². The van der Waals surface area contributed by atoms with E-state index in [0.717, 1.165) is 0 Å². The number of alkyl halides is 6. The summed E-state index contributed by atoms with van der Waals surface area (Å²) >= 11 is 0. The number of hydrogen-bond acceptors (Lipinski definition) is 4. The molecule has 0 bridgehead atoms. The van der Waals surface area contributed by atoms with Crippen LogP contribution >= 0.6 is 0 Å². The van der Waals surface area contributed by atoms with Gasteiger partial charge in [0.05, 0.1) is 0 Å². The summed E-state index contributed by atoms with van der Waals surface area (Å²) in [6.45, 7) is 0. The van der Waals surface area contributed by atoms with Crippen molar-refractivity contribution in [3.8, 4) is 0 Å². The van der Waals surface area contributed by atoms with Gasteiger partial charge in [-0.25, -0.2) is 16.8 Å². The molecular weight excluding hydrogens is 364 g/mol. The summed E-state index contributed by atoms with van der Waals surface area (Å²) in [5.74, 6) is 0. The van der Waals surface area contributed by atoms with E-state index in [-0.39, 0.29) is 25.7 Å². The Morgan fingerprint density at radius 1 is 0.682 bits per heavy atom. The predicted molar refractivity (Wildman–Crippen MR) is 63.3 cm³/mol. The van der Waals surface area contributed by atoms with Gasteiger partial charge in [-0.1, -0.05) is 29.4 Å². The van der Waals surface area contributed by atoms with Gasteiger partial charge in [0.25, 0.3) is 0 Å². The van der Waals surface area contributed by atoms with Crippen LogP contribution in [0.5, 0.6) is 0 Å². The molecule has 0 saturated heterocycles. The van der Waals surface area contributed by atoms with Gasteiger partial charge in [-0.15, -0.1) is 0 Å². The first kappa shape index (κ1) is 19.5. The van der Waals surface area contributed by atoms with Gasteiger partial charge in [0.2, 0.25) is 0 Å². The lowest BCUT2D eigenvalue weighted by molar-refractivity contribution is -0.0546. The van der Waals surface area contributed by atoms with E-state index in [1.807, 2.05) is 0 Å². The fraction of sp³-hybridized carbons (Fsp3) is 1.00. The molecule has 0 aromatic heterocycles. The zero-order valence-electron chi connectivity index (χ0n) is 11.0. The van der Waals surface area contributed by atoms with Gasteiger partial charge in [0, 0.05) is 6.04 Å². The highest BCUT2D eigenvalue weighted by atomic mass is 32.3. The lowest BCUT2D eigenvalue weighted by Crippen LogP contribution is -2.53. The van der Waals surface area contributed by atoms with Crippen LogP contribution in [-0.2, 0) is 20.0 Å². The molecule has 0 heterocycles. The standard InChI is InChI=1S/C9H13F6NO4S2/c10-8(11,12)21(17,18)16(22(19,20)9(13,14)15)7-5-3-1-2-4-6-7/h7H,1-6H2. The maximum absolute atomic E-state index is 12.6. The fourth-order valence-corrected chi connectivity index (χ4v) is 5.35. The third-order valence-corrected chi connectivity index (χ3v) is 7.07. The van der Waals surface area contributed by atoms with Gasteiger partial charge in [-0.3, -0.25) is 0 Å². The summed E-state index contributed by atoms with van der Waals surface area (Å²) in [4.78, 5) is 0. The van der Waals surface area contributed by atoms with Crippen molar-refractivity contribution < 1.29 is 43.2 Å². The van der Waals surface area contributed by atoms with Gasteiger partial charge in [0.15, 0.2) is 0 Å². The molecule has 0 aromatic rings. The Labute approximate surface area is 123 Å². The zero-order chi connectivity index (χ0) is 17.4. The topological polar surface area (TPSA) is 71.5 Å². The maximum Gasteiger partial charge on any atom is 0.512 e. The number of sulfonamides is 2. The summed E-state index contributed by atoms with van der Waals surface area (Å²) in [5.41, 5.74) is -12.3. The molecule has 1 aliphatic carbocycles. The second-order valence-corrected chi connectivity index (χ2v) is 8.62. The molecule has 132 valence electrons. The monoisotopic (exact) mass is 377 g/mol. The highest BCUT2D eigenvalue weighted by Crippen LogP contribution is 2.39. The first-order chi connectivity index (χ1) is 9.73. The molecule has 0 radical (unpaired) electrons. The van der Waals surface area contributed by atoms with Crippen LogP contribution in [0.3, 0.4) is 0 Å². The molecule has 0 amide bonds. The molecule has 1 rings (SSSR count). The second-order valence-electron chi connectivity index (χ2n) is 4.77. The summed E-state index contributed by atoms with van der Waals surface area (Å²) in [7, 11) is -13.3. The lowest BCUT2D eigenvalue weighted by Gasteiger charge is -2.30. The van der Waals surface area contributed by atoms with E-state index in [4.69, 9.17) is 0 Å². The lowest BCUT2D eigenvalue weighted by atomic mass is 10.1. The largest absolute Gasteiger partial charge is 0.512 e. The Bertz CT molecular complexity index is 543. The molecule has 0 aliphatic heterocycles. The van der Waals surface area contributed by atoms with Crippen LogP contribution in [0.15, 0.2) is 0 Å². The Morgan fingerprint density at radius 3 is 1.27 bits per heavy atom. The maximum atomic E-state index is 12.6. The molecule has 13 heteroatoms. The van der Waals surface area contributed by atoms with Gasteiger partial charge in [-0.2, -0.15) is 26.3 Å². The molecule has 1 saturated carbocycles. The van der Waals surface area contributed by atoms with Crippen LogP contribution in [0.25, 0.3) is 0 Å². The highest BCUT2D eigenvalue weighted by molar-refractivity contribution is 8.04. The minimum atomic E-state index is -6.67. The molecule has 0 spiro atoms. The van der Waals surface area contributed by atoms with Gasteiger partial charge in [0.1, 0.15) is 0 Å². The molecule has 22 heavy (non-hydrogen) atoms. The molecule has 0 unspecified atom stereocenters.